The fourth-order valence-corrected chi connectivity index (χ4v) is 2.47. The molecule has 1 amide bonds. The van der Waals surface area contributed by atoms with Gasteiger partial charge >= 0.3 is 0 Å². The predicted octanol–water partition coefficient (Wildman–Crippen LogP) is 0.671. The fourth-order valence-electron chi connectivity index (χ4n) is 2.47. The minimum absolute atomic E-state index is 0.223. The monoisotopic (exact) mass is 226 g/mol. The van der Waals surface area contributed by atoms with Crippen LogP contribution in [-0.4, -0.2) is 38.3 Å². The maximum Gasteiger partial charge on any atom is 0.220 e. The first-order chi connectivity index (χ1) is 7.84. The highest BCUT2D eigenvalue weighted by Gasteiger charge is 2.20. The lowest BCUT2D eigenvalue weighted by Gasteiger charge is -2.26. The number of hydrogen-bond acceptors (Lipinski definition) is 3. The molecule has 0 aromatic rings. The van der Waals surface area contributed by atoms with Crippen molar-refractivity contribution in [2.45, 2.75) is 38.1 Å². The van der Waals surface area contributed by atoms with Crippen molar-refractivity contribution < 1.29 is 9.53 Å². The zero-order valence-electron chi connectivity index (χ0n) is 9.84. The summed E-state index contributed by atoms with van der Waals surface area (Å²) in [5.74, 6) is 0.755. The number of rotatable bonds is 3. The minimum atomic E-state index is 0.223. The molecular formula is C12H22N2O2. The molecule has 0 bridgehead atoms. The molecule has 1 atom stereocenters. The largest absolute Gasteiger partial charge is 0.381 e. The van der Waals surface area contributed by atoms with Crippen molar-refractivity contribution in [1.82, 2.24) is 10.6 Å². The van der Waals surface area contributed by atoms with E-state index in [1.807, 2.05) is 0 Å². The quantitative estimate of drug-likeness (QED) is 0.743. The minimum Gasteiger partial charge on any atom is -0.381 e. The van der Waals surface area contributed by atoms with Gasteiger partial charge in [0.2, 0.25) is 5.91 Å². The lowest BCUT2D eigenvalue weighted by atomic mass is 9.96. The van der Waals surface area contributed by atoms with E-state index in [0.717, 1.165) is 45.6 Å². The van der Waals surface area contributed by atoms with Gasteiger partial charge in [0.05, 0.1) is 0 Å². The third-order valence-corrected chi connectivity index (χ3v) is 3.48. The molecule has 4 nitrogen and oxygen atoms in total. The Hall–Kier alpha value is -0.610. The Labute approximate surface area is 97.1 Å². The highest BCUT2D eigenvalue weighted by Crippen LogP contribution is 2.18. The van der Waals surface area contributed by atoms with E-state index in [9.17, 15) is 4.79 Å². The van der Waals surface area contributed by atoms with Crippen molar-refractivity contribution in [3.8, 4) is 0 Å². The first-order valence-electron chi connectivity index (χ1n) is 6.42. The Kier molecular flexibility index (Phi) is 4.60. The average molecular weight is 226 g/mol. The molecule has 2 heterocycles. The second-order valence-electron chi connectivity index (χ2n) is 4.87. The molecule has 92 valence electrons. The van der Waals surface area contributed by atoms with Crippen LogP contribution < -0.4 is 10.6 Å². The molecule has 16 heavy (non-hydrogen) atoms. The van der Waals surface area contributed by atoms with Gasteiger partial charge in [0.15, 0.2) is 0 Å². The lowest BCUT2D eigenvalue weighted by molar-refractivity contribution is -0.123. The van der Waals surface area contributed by atoms with E-state index in [4.69, 9.17) is 4.74 Å². The zero-order chi connectivity index (χ0) is 11.2. The fraction of sp³-hybridized carbons (Fsp3) is 0.917. The van der Waals surface area contributed by atoms with Gasteiger partial charge in [-0.15, -0.1) is 0 Å². The van der Waals surface area contributed by atoms with Crippen molar-refractivity contribution in [3.05, 3.63) is 0 Å². The van der Waals surface area contributed by atoms with Crippen LogP contribution in [-0.2, 0) is 9.53 Å². The first kappa shape index (κ1) is 11.9. The molecule has 2 fully saturated rings. The van der Waals surface area contributed by atoms with Crippen LogP contribution in [0.4, 0.5) is 0 Å². The van der Waals surface area contributed by atoms with E-state index in [1.54, 1.807) is 0 Å². The molecule has 0 saturated carbocycles. The Morgan fingerprint density at radius 1 is 1.31 bits per heavy atom. The number of ether oxygens (including phenoxy) is 1. The molecule has 0 aromatic heterocycles. The summed E-state index contributed by atoms with van der Waals surface area (Å²) in [5.41, 5.74) is 0. The van der Waals surface area contributed by atoms with Gasteiger partial charge < -0.3 is 15.4 Å². The zero-order valence-corrected chi connectivity index (χ0v) is 9.84. The van der Waals surface area contributed by atoms with Gasteiger partial charge in [0.25, 0.3) is 0 Å². The van der Waals surface area contributed by atoms with Gasteiger partial charge in [-0.1, -0.05) is 0 Å². The van der Waals surface area contributed by atoms with Gasteiger partial charge in [0.1, 0.15) is 0 Å². The van der Waals surface area contributed by atoms with Crippen LogP contribution in [0.1, 0.15) is 32.1 Å². The van der Waals surface area contributed by atoms with Gasteiger partial charge in [0, 0.05) is 32.2 Å². The van der Waals surface area contributed by atoms with Crippen LogP contribution in [0.15, 0.2) is 0 Å². The maximum atomic E-state index is 11.8. The second kappa shape index (κ2) is 6.21. The van der Waals surface area contributed by atoms with Crippen LogP contribution in [0.2, 0.25) is 0 Å². The van der Waals surface area contributed by atoms with Crippen molar-refractivity contribution in [2.24, 2.45) is 5.92 Å². The Morgan fingerprint density at radius 3 is 2.81 bits per heavy atom. The SMILES string of the molecule is O=C(CC1CCOCC1)N[C@@H]1CCCNC1. The maximum absolute atomic E-state index is 11.8. The molecule has 4 heteroatoms. The highest BCUT2D eigenvalue weighted by atomic mass is 16.5. The lowest BCUT2D eigenvalue weighted by Crippen LogP contribution is -2.46. The van der Waals surface area contributed by atoms with E-state index in [0.29, 0.717) is 18.4 Å². The molecule has 0 aromatic carbocycles. The van der Waals surface area contributed by atoms with Gasteiger partial charge in [-0.25, -0.2) is 0 Å². The molecule has 0 unspecified atom stereocenters. The molecule has 0 spiro atoms. The molecule has 2 aliphatic rings. The number of carbonyl (C=O) groups is 1. The number of piperidine rings is 1. The summed E-state index contributed by atoms with van der Waals surface area (Å²) in [7, 11) is 0. The third kappa shape index (κ3) is 3.76. The summed E-state index contributed by atoms with van der Waals surface area (Å²) in [6.45, 7) is 3.66. The summed E-state index contributed by atoms with van der Waals surface area (Å²) in [5, 5.41) is 6.43. The molecule has 2 rings (SSSR count). The average Bonchev–Trinajstić information content (AvgIpc) is 2.31. The van der Waals surface area contributed by atoms with E-state index in [2.05, 4.69) is 10.6 Å². The molecule has 0 aliphatic carbocycles. The molecular weight excluding hydrogens is 204 g/mol. The summed E-state index contributed by atoms with van der Waals surface area (Å²) < 4.78 is 5.29. The van der Waals surface area contributed by atoms with Gasteiger partial charge in [-0.2, -0.15) is 0 Å². The summed E-state index contributed by atoms with van der Waals surface area (Å²) in [4.78, 5) is 11.8. The summed E-state index contributed by atoms with van der Waals surface area (Å²) in [6, 6.07) is 0.348. The number of amides is 1. The Morgan fingerprint density at radius 2 is 2.12 bits per heavy atom. The van der Waals surface area contributed by atoms with Crippen LogP contribution in [0.3, 0.4) is 0 Å². The second-order valence-corrected chi connectivity index (χ2v) is 4.87. The Balaban J connectivity index is 1.66. The van der Waals surface area contributed by atoms with E-state index in [-0.39, 0.29) is 5.91 Å². The topological polar surface area (TPSA) is 50.4 Å². The first-order valence-corrected chi connectivity index (χ1v) is 6.42. The highest BCUT2D eigenvalue weighted by molar-refractivity contribution is 5.76. The van der Waals surface area contributed by atoms with E-state index >= 15 is 0 Å². The standard InChI is InChI=1S/C12H22N2O2/c15-12(8-10-3-6-16-7-4-10)14-11-2-1-5-13-9-11/h10-11,13H,1-9H2,(H,14,15)/t11-/m1/s1. The summed E-state index contributed by atoms with van der Waals surface area (Å²) >= 11 is 0. The molecule has 0 radical (unpaired) electrons. The third-order valence-electron chi connectivity index (χ3n) is 3.48. The Bertz CT molecular complexity index is 199. The van der Waals surface area contributed by atoms with Crippen LogP contribution in [0, 0.1) is 5.92 Å². The van der Waals surface area contributed by atoms with Crippen LogP contribution in [0.5, 0.6) is 0 Å². The van der Waals surface area contributed by atoms with Crippen LogP contribution in [0.25, 0.3) is 0 Å². The van der Waals surface area contributed by atoms with Gasteiger partial charge in [-0.3, -0.25) is 4.79 Å². The number of hydrogen-bond donors (Lipinski definition) is 2. The van der Waals surface area contributed by atoms with E-state index < -0.39 is 0 Å². The van der Waals surface area contributed by atoms with E-state index in [1.165, 1.54) is 6.42 Å². The number of nitrogens with one attached hydrogen (secondary N) is 2. The predicted molar refractivity (Wildman–Crippen MR) is 62.2 cm³/mol. The van der Waals surface area contributed by atoms with Crippen molar-refractivity contribution in [1.29, 1.82) is 0 Å². The normalized spacial score (nSPS) is 27.6. The van der Waals surface area contributed by atoms with Crippen LogP contribution >= 0.6 is 0 Å². The molecule has 2 saturated heterocycles. The molecule has 2 aliphatic heterocycles. The smallest absolute Gasteiger partial charge is 0.220 e. The number of carbonyl (C=O) groups excluding carboxylic acids is 1. The summed E-state index contributed by atoms with van der Waals surface area (Å²) in [6.07, 6.45) is 5.04. The molecule has 2 N–H and O–H groups in total. The van der Waals surface area contributed by atoms with Crippen molar-refractivity contribution >= 4 is 5.91 Å². The van der Waals surface area contributed by atoms with Crippen molar-refractivity contribution in [2.75, 3.05) is 26.3 Å². The van der Waals surface area contributed by atoms with Crippen molar-refractivity contribution in [3.63, 3.8) is 0 Å². The van der Waals surface area contributed by atoms with Gasteiger partial charge in [-0.05, 0) is 38.1 Å².